The zero-order chi connectivity index (χ0) is 12.3. The number of hydrogen-bond acceptors (Lipinski definition) is 3. The van der Waals surface area contributed by atoms with Crippen molar-refractivity contribution in [2.45, 2.75) is 19.3 Å². The summed E-state index contributed by atoms with van der Waals surface area (Å²) in [6.07, 6.45) is 7.89. The van der Waals surface area contributed by atoms with Gasteiger partial charge in [-0.15, -0.1) is 0 Å². The normalized spacial score (nSPS) is 19.1. The van der Waals surface area contributed by atoms with E-state index in [9.17, 15) is 4.79 Å². The molecule has 4 nitrogen and oxygen atoms in total. The number of aromatic nitrogens is 2. The van der Waals surface area contributed by atoms with E-state index < -0.39 is 0 Å². The molecule has 1 amide bonds. The van der Waals surface area contributed by atoms with Crippen LogP contribution in [0.5, 0.6) is 0 Å². The van der Waals surface area contributed by atoms with Gasteiger partial charge in [-0.1, -0.05) is 35.4 Å². The van der Waals surface area contributed by atoms with Crippen LogP contribution in [-0.2, 0) is 4.79 Å². The Balaban J connectivity index is 2.07. The predicted molar refractivity (Wildman–Crippen MR) is 67.2 cm³/mol. The highest BCUT2D eigenvalue weighted by molar-refractivity contribution is 6.42. The van der Waals surface area contributed by atoms with E-state index >= 15 is 0 Å². The Hall–Kier alpha value is -1.13. The fourth-order valence-corrected chi connectivity index (χ4v) is 1.96. The SMILES string of the molecule is O=C(Nc1ncnc(Cl)c1Cl)C1CC=CCC1. The third kappa shape index (κ3) is 2.96. The lowest BCUT2D eigenvalue weighted by atomic mass is 9.94. The molecule has 0 saturated heterocycles. The molecule has 1 aliphatic carbocycles. The van der Waals surface area contributed by atoms with Crippen molar-refractivity contribution in [3.63, 3.8) is 0 Å². The van der Waals surface area contributed by atoms with E-state index in [1.54, 1.807) is 0 Å². The van der Waals surface area contributed by atoms with E-state index in [1.165, 1.54) is 6.33 Å². The van der Waals surface area contributed by atoms with Gasteiger partial charge in [0.25, 0.3) is 0 Å². The molecule has 1 aromatic heterocycles. The lowest BCUT2D eigenvalue weighted by Crippen LogP contribution is -2.24. The molecule has 1 atom stereocenters. The first-order valence-corrected chi connectivity index (χ1v) is 6.06. The highest BCUT2D eigenvalue weighted by atomic mass is 35.5. The summed E-state index contributed by atoms with van der Waals surface area (Å²) in [5.74, 6) is 0.169. The lowest BCUT2D eigenvalue weighted by Gasteiger charge is -2.17. The molecular formula is C11H11Cl2N3O. The van der Waals surface area contributed by atoms with Gasteiger partial charge in [-0.2, -0.15) is 0 Å². The second kappa shape index (κ2) is 5.47. The quantitative estimate of drug-likeness (QED) is 0.665. The summed E-state index contributed by atoms with van der Waals surface area (Å²) in [5.41, 5.74) is 0. The number of rotatable bonds is 2. The van der Waals surface area contributed by atoms with Gasteiger partial charge in [-0.3, -0.25) is 4.79 Å². The highest BCUT2D eigenvalue weighted by Crippen LogP contribution is 2.27. The fraction of sp³-hybridized carbons (Fsp3) is 0.364. The molecule has 1 heterocycles. The van der Waals surface area contributed by atoms with Crippen molar-refractivity contribution in [1.29, 1.82) is 0 Å². The van der Waals surface area contributed by atoms with Crippen LogP contribution in [0.4, 0.5) is 5.82 Å². The Morgan fingerprint density at radius 2 is 2.18 bits per heavy atom. The van der Waals surface area contributed by atoms with Crippen LogP contribution in [0.15, 0.2) is 18.5 Å². The summed E-state index contributed by atoms with van der Waals surface area (Å²) in [4.78, 5) is 19.5. The number of anilines is 1. The van der Waals surface area contributed by atoms with Crippen molar-refractivity contribution in [2.75, 3.05) is 5.32 Å². The van der Waals surface area contributed by atoms with Gasteiger partial charge >= 0.3 is 0 Å². The minimum Gasteiger partial charge on any atom is -0.309 e. The molecule has 0 spiro atoms. The van der Waals surface area contributed by atoms with Gasteiger partial charge in [0.2, 0.25) is 5.91 Å². The van der Waals surface area contributed by atoms with Crippen molar-refractivity contribution in [1.82, 2.24) is 9.97 Å². The van der Waals surface area contributed by atoms with Gasteiger partial charge in [-0.25, -0.2) is 9.97 Å². The van der Waals surface area contributed by atoms with Crippen LogP contribution in [0.1, 0.15) is 19.3 Å². The molecule has 6 heteroatoms. The minimum atomic E-state index is -0.0778. The zero-order valence-electron chi connectivity index (χ0n) is 8.99. The number of nitrogens with zero attached hydrogens (tertiary/aromatic N) is 2. The van der Waals surface area contributed by atoms with Crippen LogP contribution >= 0.6 is 23.2 Å². The first-order chi connectivity index (χ1) is 8.18. The topological polar surface area (TPSA) is 54.9 Å². The molecule has 0 fully saturated rings. The average Bonchev–Trinajstić information content (AvgIpc) is 2.36. The summed E-state index contributed by atoms with van der Waals surface area (Å²) in [6.45, 7) is 0. The third-order valence-electron chi connectivity index (χ3n) is 2.63. The van der Waals surface area contributed by atoms with Crippen LogP contribution in [-0.4, -0.2) is 15.9 Å². The van der Waals surface area contributed by atoms with Gasteiger partial charge in [0.15, 0.2) is 11.0 Å². The van der Waals surface area contributed by atoms with E-state index in [0.717, 1.165) is 19.3 Å². The monoisotopic (exact) mass is 271 g/mol. The molecule has 0 bridgehead atoms. The summed E-state index contributed by atoms with van der Waals surface area (Å²) < 4.78 is 0. The van der Waals surface area contributed by atoms with Crippen LogP contribution in [0.2, 0.25) is 10.2 Å². The standard InChI is InChI=1S/C11H11Cl2N3O/c12-8-9(13)14-6-15-10(8)16-11(17)7-4-2-1-3-5-7/h1-2,6-7H,3-5H2,(H,14,15,16,17). The molecule has 0 radical (unpaired) electrons. The molecule has 0 aromatic carbocycles. The molecule has 1 unspecified atom stereocenters. The smallest absolute Gasteiger partial charge is 0.229 e. The van der Waals surface area contributed by atoms with Crippen molar-refractivity contribution in [2.24, 2.45) is 5.92 Å². The van der Waals surface area contributed by atoms with Gasteiger partial charge in [-0.05, 0) is 19.3 Å². The third-order valence-corrected chi connectivity index (χ3v) is 3.37. The van der Waals surface area contributed by atoms with Crippen molar-refractivity contribution in [3.05, 3.63) is 28.7 Å². The lowest BCUT2D eigenvalue weighted by molar-refractivity contribution is -0.120. The van der Waals surface area contributed by atoms with Crippen molar-refractivity contribution >= 4 is 34.9 Å². The fourth-order valence-electron chi connectivity index (χ4n) is 1.69. The number of halogens is 2. The van der Waals surface area contributed by atoms with E-state index in [0.29, 0.717) is 0 Å². The van der Waals surface area contributed by atoms with Crippen LogP contribution in [0.25, 0.3) is 0 Å². The molecule has 0 aliphatic heterocycles. The van der Waals surface area contributed by atoms with E-state index in [1.807, 2.05) is 6.08 Å². The van der Waals surface area contributed by atoms with Crippen LogP contribution in [0, 0.1) is 5.92 Å². The second-order valence-electron chi connectivity index (χ2n) is 3.80. The minimum absolute atomic E-state index is 0.0233. The maximum Gasteiger partial charge on any atom is 0.229 e. The summed E-state index contributed by atoms with van der Waals surface area (Å²) in [6, 6.07) is 0. The molecule has 1 aromatic rings. The Morgan fingerprint density at radius 1 is 1.35 bits per heavy atom. The van der Waals surface area contributed by atoms with Gasteiger partial charge in [0, 0.05) is 5.92 Å². The molecule has 2 rings (SSSR count). The molecule has 0 saturated carbocycles. The number of carbonyl (C=O) groups is 1. The Morgan fingerprint density at radius 3 is 2.88 bits per heavy atom. The van der Waals surface area contributed by atoms with Gasteiger partial charge < -0.3 is 5.32 Å². The maximum absolute atomic E-state index is 11.9. The molecule has 17 heavy (non-hydrogen) atoms. The molecular weight excluding hydrogens is 261 g/mol. The number of nitrogens with one attached hydrogen (secondary N) is 1. The number of allylic oxidation sites excluding steroid dienone is 2. The van der Waals surface area contributed by atoms with Gasteiger partial charge in [0.1, 0.15) is 11.3 Å². The molecule has 1 N–H and O–H groups in total. The highest BCUT2D eigenvalue weighted by Gasteiger charge is 2.20. The van der Waals surface area contributed by atoms with E-state index in [-0.39, 0.29) is 27.8 Å². The van der Waals surface area contributed by atoms with Crippen molar-refractivity contribution in [3.8, 4) is 0 Å². The van der Waals surface area contributed by atoms with Crippen LogP contribution in [0.3, 0.4) is 0 Å². The van der Waals surface area contributed by atoms with Crippen molar-refractivity contribution < 1.29 is 4.79 Å². The van der Waals surface area contributed by atoms with E-state index in [4.69, 9.17) is 23.2 Å². The summed E-state index contributed by atoms with van der Waals surface area (Å²) in [7, 11) is 0. The van der Waals surface area contributed by atoms with Gasteiger partial charge in [0.05, 0.1) is 0 Å². The number of carbonyl (C=O) groups excluding carboxylic acids is 1. The average molecular weight is 272 g/mol. The largest absolute Gasteiger partial charge is 0.309 e. The zero-order valence-corrected chi connectivity index (χ0v) is 10.5. The van der Waals surface area contributed by atoms with Crippen LogP contribution < -0.4 is 5.32 Å². The maximum atomic E-state index is 11.9. The number of amides is 1. The first kappa shape index (κ1) is 12.3. The Labute approximate surface area is 109 Å². The predicted octanol–water partition coefficient (Wildman–Crippen LogP) is 3.08. The Kier molecular flexibility index (Phi) is 3.97. The molecule has 90 valence electrons. The summed E-state index contributed by atoms with van der Waals surface area (Å²) in [5, 5.41) is 2.99. The Bertz CT molecular complexity index is 462. The number of hydrogen-bond donors (Lipinski definition) is 1. The molecule has 1 aliphatic rings. The second-order valence-corrected chi connectivity index (χ2v) is 4.53. The summed E-state index contributed by atoms with van der Waals surface area (Å²) >= 11 is 11.6. The first-order valence-electron chi connectivity index (χ1n) is 5.30. The van der Waals surface area contributed by atoms with E-state index in [2.05, 4.69) is 21.4 Å².